The molecule has 1 aliphatic rings. The van der Waals surface area contributed by atoms with E-state index in [2.05, 4.69) is 68.1 Å². The smallest absolute Gasteiger partial charge is 0.00941 e. The highest BCUT2D eigenvalue weighted by molar-refractivity contribution is 5.76. The maximum atomic E-state index is 3.96. The minimum atomic E-state index is 0.967. The van der Waals surface area contributed by atoms with Gasteiger partial charge in [0.15, 0.2) is 0 Å². The lowest BCUT2D eigenvalue weighted by molar-refractivity contribution is 0.999. The molecule has 0 atom stereocenters. The Morgan fingerprint density at radius 1 is 1.17 bits per heavy atom. The van der Waals surface area contributed by atoms with Crippen molar-refractivity contribution in [1.82, 2.24) is 0 Å². The molecule has 0 unspecified atom stereocenters. The molecule has 0 aromatic heterocycles. The Labute approximate surface area is 110 Å². The Balaban J connectivity index is 2.04. The molecular formula is C18H20. The summed E-state index contributed by atoms with van der Waals surface area (Å²) in [5.74, 6) is 0. The molecule has 2 rings (SSSR count). The van der Waals surface area contributed by atoms with Crippen molar-refractivity contribution in [3.05, 3.63) is 77.9 Å². The van der Waals surface area contributed by atoms with Crippen LogP contribution in [0.3, 0.4) is 0 Å². The van der Waals surface area contributed by atoms with E-state index >= 15 is 0 Å². The number of benzene rings is 1. The van der Waals surface area contributed by atoms with Gasteiger partial charge in [-0.1, -0.05) is 66.8 Å². The van der Waals surface area contributed by atoms with Gasteiger partial charge in [-0.25, -0.2) is 0 Å². The van der Waals surface area contributed by atoms with E-state index in [-0.39, 0.29) is 0 Å². The molecular weight excluding hydrogens is 216 g/mol. The van der Waals surface area contributed by atoms with Gasteiger partial charge in [-0.3, -0.25) is 0 Å². The van der Waals surface area contributed by atoms with Crippen molar-refractivity contribution >= 4 is 5.57 Å². The van der Waals surface area contributed by atoms with Gasteiger partial charge < -0.3 is 0 Å². The van der Waals surface area contributed by atoms with Crippen molar-refractivity contribution in [3.8, 4) is 0 Å². The van der Waals surface area contributed by atoms with E-state index in [1.807, 2.05) is 0 Å². The minimum Gasteiger partial charge on any atom is -0.0955 e. The zero-order valence-electron chi connectivity index (χ0n) is 11.0. The zero-order chi connectivity index (χ0) is 12.8. The number of aryl methyl sites for hydroxylation is 1. The molecule has 0 saturated heterocycles. The van der Waals surface area contributed by atoms with E-state index < -0.39 is 0 Å². The molecule has 18 heavy (non-hydrogen) atoms. The maximum Gasteiger partial charge on any atom is -0.00941 e. The Bertz CT molecular complexity index is 495. The highest BCUT2D eigenvalue weighted by Crippen LogP contribution is 2.23. The lowest BCUT2D eigenvalue weighted by Crippen LogP contribution is -1.89. The van der Waals surface area contributed by atoms with E-state index in [4.69, 9.17) is 0 Å². The average molecular weight is 236 g/mol. The van der Waals surface area contributed by atoms with Crippen molar-refractivity contribution in [2.24, 2.45) is 0 Å². The summed E-state index contributed by atoms with van der Waals surface area (Å²) < 4.78 is 0. The Kier molecular flexibility index (Phi) is 4.35. The lowest BCUT2D eigenvalue weighted by Gasteiger charge is -2.09. The molecule has 0 amide bonds. The summed E-state index contributed by atoms with van der Waals surface area (Å²) in [7, 11) is 0. The second kappa shape index (κ2) is 6.20. The van der Waals surface area contributed by atoms with E-state index in [1.165, 1.54) is 22.3 Å². The highest BCUT2D eigenvalue weighted by Gasteiger charge is 2.02. The summed E-state index contributed by atoms with van der Waals surface area (Å²) in [6, 6.07) is 8.90. The van der Waals surface area contributed by atoms with Gasteiger partial charge in [0, 0.05) is 0 Å². The van der Waals surface area contributed by atoms with Crippen LogP contribution in [0.25, 0.3) is 5.57 Å². The standard InChI is InChI=1S/C18H20/c1-3-4-5-6-16-9-13-18(14-10-16)17-11-7-15(2)8-12-17/h3-4,7,9-14H,2,5-6,8H2,1H3/b4-3+. The van der Waals surface area contributed by atoms with Crippen LogP contribution in [-0.2, 0) is 6.42 Å². The fraction of sp³-hybridized carbons (Fsp3) is 0.222. The minimum absolute atomic E-state index is 0.967. The third kappa shape index (κ3) is 3.33. The van der Waals surface area contributed by atoms with Crippen LogP contribution in [-0.4, -0.2) is 0 Å². The van der Waals surface area contributed by atoms with Crippen molar-refractivity contribution < 1.29 is 0 Å². The monoisotopic (exact) mass is 236 g/mol. The van der Waals surface area contributed by atoms with Crippen LogP contribution in [0.1, 0.15) is 30.9 Å². The zero-order valence-corrected chi connectivity index (χ0v) is 11.0. The molecule has 0 N–H and O–H groups in total. The van der Waals surface area contributed by atoms with Gasteiger partial charge in [-0.05, 0) is 42.9 Å². The first-order valence-corrected chi connectivity index (χ1v) is 6.56. The van der Waals surface area contributed by atoms with Crippen molar-refractivity contribution in [2.75, 3.05) is 0 Å². The molecule has 0 aliphatic heterocycles. The van der Waals surface area contributed by atoms with Gasteiger partial charge in [-0.15, -0.1) is 0 Å². The number of hydrogen-bond donors (Lipinski definition) is 0. The normalized spacial score (nSPS) is 15.2. The molecule has 1 aliphatic carbocycles. The molecule has 0 nitrogen and oxygen atoms in total. The van der Waals surface area contributed by atoms with Crippen LogP contribution in [0.2, 0.25) is 0 Å². The Hall–Kier alpha value is -1.82. The summed E-state index contributed by atoms with van der Waals surface area (Å²) in [5.41, 5.74) is 5.19. The van der Waals surface area contributed by atoms with Gasteiger partial charge >= 0.3 is 0 Å². The van der Waals surface area contributed by atoms with E-state index in [9.17, 15) is 0 Å². The fourth-order valence-electron chi connectivity index (χ4n) is 2.08. The first kappa shape index (κ1) is 12.6. The van der Waals surface area contributed by atoms with E-state index in [0.717, 1.165) is 19.3 Å². The van der Waals surface area contributed by atoms with Gasteiger partial charge in [-0.2, -0.15) is 0 Å². The first-order chi connectivity index (χ1) is 8.79. The molecule has 0 saturated carbocycles. The van der Waals surface area contributed by atoms with E-state index in [1.54, 1.807) is 0 Å². The number of hydrogen-bond acceptors (Lipinski definition) is 0. The fourth-order valence-corrected chi connectivity index (χ4v) is 2.08. The van der Waals surface area contributed by atoms with Crippen molar-refractivity contribution in [3.63, 3.8) is 0 Å². The second-order valence-corrected chi connectivity index (χ2v) is 4.66. The molecule has 0 bridgehead atoms. The van der Waals surface area contributed by atoms with Crippen LogP contribution in [0.5, 0.6) is 0 Å². The summed E-state index contributed by atoms with van der Waals surface area (Å²) in [4.78, 5) is 0. The third-order valence-electron chi connectivity index (χ3n) is 3.21. The molecule has 0 fully saturated rings. The first-order valence-electron chi connectivity index (χ1n) is 6.56. The molecule has 0 heteroatoms. The summed E-state index contributed by atoms with van der Waals surface area (Å²) >= 11 is 0. The quantitative estimate of drug-likeness (QED) is 0.638. The van der Waals surface area contributed by atoms with Crippen LogP contribution >= 0.6 is 0 Å². The molecule has 92 valence electrons. The largest absolute Gasteiger partial charge is 0.0955 e. The van der Waals surface area contributed by atoms with Crippen LogP contribution in [0, 0.1) is 0 Å². The van der Waals surface area contributed by atoms with Gasteiger partial charge in [0.2, 0.25) is 0 Å². The topological polar surface area (TPSA) is 0 Å². The average Bonchev–Trinajstić information content (AvgIpc) is 2.41. The van der Waals surface area contributed by atoms with Gasteiger partial charge in [0.05, 0.1) is 0 Å². The molecule has 0 spiro atoms. The second-order valence-electron chi connectivity index (χ2n) is 4.66. The van der Waals surface area contributed by atoms with Gasteiger partial charge in [0.25, 0.3) is 0 Å². The molecule has 1 aromatic carbocycles. The number of rotatable bonds is 4. The predicted molar refractivity (Wildman–Crippen MR) is 80.5 cm³/mol. The molecule has 1 aromatic rings. The van der Waals surface area contributed by atoms with Crippen LogP contribution in [0.4, 0.5) is 0 Å². The molecule has 0 radical (unpaired) electrons. The lowest BCUT2D eigenvalue weighted by atomic mass is 9.96. The van der Waals surface area contributed by atoms with Crippen LogP contribution in [0.15, 0.2) is 66.8 Å². The Morgan fingerprint density at radius 3 is 2.56 bits per heavy atom. The van der Waals surface area contributed by atoms with Crippen LogP contribution < -0.4 is 0 Å². The summed E-state index contributed by atoms with van der Waals surface area (Å²) in [5, 5.41) is 0. The third-order valence-corrected chi connectivity index (χ3v) is 3.21. The summed E-state index contributed by atoms with van der Waals surface area (Å²) in [6.45, 7) is 6.03. The maximum absolute atomic E-state index is 3.96. The van der Waals surface area contributed by atoms with Crippen molar-refractivity contribution in [1.29, 1.82) is 0 Å². The van der Waals surface area contributed by atoms with Gasteiger partial charge in [0.1, 0.15) is 0 Å². The predicted octanol–water partition coefficient (Wildman–Crippen LogP) is 5.09. The van der Waals surface area contributed by atoms with Crippen molar-refractivity contribution in [2.45, 2.75) is 26.2 Å². The highest BCUT2D eigenvalue weighted by atomic mass is 14.1. The summed E-state index contributed by atoms with van der Waals surface area (Å²) in [6.07, 6.45) is 14.0. The Morgan fingerprint density at radius 2 is 1.94 bits per heavy atom. The molecule has 0 heterocycles. The SMILES string of the molecule is C=C1C=CC(c2ccc(CC/C=C/C)cc2)=CC1. The van der Waals surface area contributed by atoms with E-state index in [0.29, 0.717) is 0 Å². The number of allylic oxidation sites excluding steroid dienone is 7.